The number of hydrogen-bond donors (Lipinski definition) is 1. The Morgan fingerprint density at radius 2 is 1.55 bits per heavy atom. The van der Waals surface area contributed by atoms with Crippen LogP contribution in [-0.4, -0.2) is 31.8 Å². The Hall–Kier alpha value is -1.52. The highest BCUT2D eigenvalue weighted by Gasteiger charge is 2.72. The molecule has 38 heavy (non-hydrogen) atoms. The fraction of sp³-hybridized carbons (Fsp3) is 0.839. The Bertz CT molecular complexity index is 1270. The van der Waals surface area contributed by atoms with Crippen LogP contribution in [0.5, 0.6) is 0 Å². The molecule has 4 saturated carbocycles. The Labute approximate surface area is 229 Å². The summed E-state index contributed by atoms with van der Waals surface area (Å²) >= 11 is 0. The largest absolute Gasteiger partial charge is 0.299 e. The molecule has 5 aliphatic carbocycles. The number of rotatable bonds is 2. The summed E-state index contributed by atoms with van der Waals surface area (Å²) in [6, 6.07) is 2.19. The lowest BCUT2D eigenvalue weighted by atomic mass is 9.32. The van der Waals surface area contributed by atoms with Gasteiger partial charge in [0.05, 0.1) is 11.8 Å². The highest BCUT2D eigenvalue weighted by Crippen LogP contribution is 2.74. The molecule has 4 unspecified atom stereocenters. The van der Waals surface area contributed by atoms with Crippen molar-refractivity contribution in [2.75, 3.05) is 6.26 Å². The zero-order valence-electron chi connectivity index (χ0n) is 24.5. The number of allylic oxidation sites excluding steroid dienone is 2. The molecule has 0 aliphatic heterocycles. The second kappa shape index (κ2) is 8.03. The molecular weight excluding hydrogens is 496 g/mol. The summed E-state index contributed by atoms with van der Waals surface area (Å²) in [6.07, 6.45) is 9.52. The molecular formula is C31H46N2O4S. The standard InChI is InChI=1S/C31H46N2O4S/c1-26(2)11-13-31(33-38(8,36)37)14-12-30(7)24(20(31)17-26)21(34)15-23-28(5)16-19(18-32)25(35)27(3,4)22(28)9-10-29(23,30)6/h16,20,22-24,33H,9-15,17H2,1-8H3/t20?,22?,23?,24?,28-,29+,30+,31-/m0/s1. The smallest absolute Gasteiger partial charge is 0.209 e. The summed E-state index contributed by atoms with van der Waals surface area (Å²) in [4.78, 5) is 27.7. The van der Waals surface area contributed by atoms with Gasteiger partial charge < -0.3 is 0 Å². The quantitative estimate of drug-likeness (QED) is 0.490. The maximum Gasteiger partial charge on any atom is 0.209 e. The first-order chi connectivity index (χ1) is 17.3. The van der Waals surface area contributed by atoms with Gasteiger partial charge in [0.25, 0.3) is 0 Å². The molecule has 1 N–H and O–H groups in total. The molecule has 0 aromatic heterocycles. The van der Waals surface area contributed by atoms with Crippen LogP contribution in [-0.2, 0) is 19.6 Å². The number of Topliss-reactive ketones (excluding diaryl/α,β-unsaturated/α-hetero) is 2. The molecule has 0 amide bonds. The van der Waals surface area contributed by atoms with Gasteiger partial charge in [-0.2, -0.15) is 5.26 Å². The van der Waals surface area contributed by atoms with E-state index in [2.05, 4.69) is 45.4 Å². The van der Waals surface area contributed by atoms with Gasteiger partial charge in [-0.3, -0.25) is 9.59 Å². The van der Waals surface area contributed by atoms with Crippen molar-refractivity contribution in [1.29, 1.82) is 5.26 Å². The van der Waals surface area contributed by atoms with E-state index in [1.54, 1.807) is 0 Å². The van der Waals surface area contributed by atoms with Gasteiger partial charge in [-0.05, 0) is 84.4 Å². The first-order valence-corrected chi connectivity index (χ1v) is 16.4. The summed E-state index contributed by atoms with van der Waals surface area (Å²) in [6.45, 7) is 15.3. The molecule has 5 rings (SSSR count). The van der Waals surface area contributed by atoms with Crippen LogP contribution in [0.2, 0.25) is 0 Å². The van der Waals surface area contributed by atoms with E-state index in [-0.39, 0.29) is 57.1 Å². The predicted molar refractivity (Wildman–Crippen MR) is 147 cm³/mol. The normalized spacial score (nSPS) is 47.5. The van der Waals surface area contributed by atoms with Crippen molar-refractivity contribution in [3.8, 4) is 6.07 Å². The number of nitrogens with one attached hydrogen (secondary N) is 1. The molecule has 0 heterocycles. The fourth-order valence-electron chi connectivity index (χ4n) is 10.9. The molecule has 5 aliphatic rings. The third kappa shape index (κ3) is 3.61. The number of ketones is 2. The third-order valence-electron chi connectivity index (χ3n) is 12.9. The van der Waals surface area contributed by atoms with Crippen molar-refractivity contribution in [1.82, 2.24) is 4.72 Å². The Morgan fingerprint density at radius 1 is 0.921 bits per heavy atom. The van der Waals surface area contributed by atoms with Crippen molar-refractivity contribution < 1.29 is 18.0 Å². The van der Waals surface area contributed by atoms with Crippen LogP contribution in [0.15, 0.2) is 11.6 Å². The van der Waals surface area contributed by atoms with Gasteiger partial charge in [-0.25, -0.2) is 13.1 Å². The Morgan fingerprint density at radius 3 is 2.16 bits per heavy atom. The van der Waals surface area contributed by atoms with Gasteiger partial charge in [0.15, 0.2) is 5.78 Å². The summed E-state index contributed by atoms with van der Waals surface area (Å²) in [5.41, 5.74) is -1.80. The summed E-state index contributed by atoms with van der Waals surface area (Å²) < 4.78 is 28.3. The Kier molecular flexibility index (Phi) is 5.92. The first-order valence-electron chi connectivity index (χ1n) is 14.5. The van der Waals surface area contributed by atoms with E-state index < -0.39 is 26.4 Å². The first kappa shape index (κ1) is 28.0. The van der Waals surface area contributed by atoms with Crippen molar-refractivity contribution >= 4 is 21.6 Å². The number of carbonyl (C=O) groups is 2. The van der Waals surface area contributed by atoms with Crippen LogP contribution < -0.4 is 4.72 Å². The Balaban J connectivity index is 1.64. The maximum atomic E-state index is 14.5. The number of carbonyl (C=O) groups excluding carboxylic acids is 2. The molecule has 8 atom stereocenters. The van der Waals surface area contributed by atoms with Crippen molar-refractivity contribution in [3.63, 3.8) is 0 Å². The summed E-state index contributed by atoms with van der Waals surface area (Å²) in [7, 11) is -3.44. The fourth-order valence-corrected chi connectivity index (χ4v) is 12.0. The van der Waals surface area contributed by atoms with Gasteiger partial charge in [0.1, 0.15) is 11.9 Å². The van der Waals surface area contributed by atoms with Crippen LogP contribution in [0.3, 0.4) is 0 Å². The topological polar surface area (TPSA) is 104 Å². The van der Waals surface area contributed by atoms with E-state index in [0.29, 0.717) is 6.42 Å². The monoisotopic (exact) mass is 542 g/mol. The second-order valence-corrected chi connectivity index (χ2v) is 17.5. The second-order valence-electron chi connectivity index (χ2n) is 15.7. The molecule has 0 aromatic carbocycles. The molecule has 7 heteroatoms. The number of nitrogens with zero attached hydrogens (tertiary/aromatic N) is 1. The summed E-state index contributed by atoms with van der Waals surface area (Å²) in [5, 5.41) is 9.89. The molecule has 0 aromatic rings. The zero-order valence-corrected chi connectivity index (χ0v) is 25.3. The van der Waals surface area contributed by atoms with Crippen LogP contribution in [0.4, 0.5) is 0 Å². The van der Waals surface area contributed by atoms with Gasteiger partial charge in [-0.15, -0.1) is 0 Å². The third-order valence-corrected chi connectivity index (χ3v) is 13.6. The van der Waals surface area contributed by atoms with Crippen LogP contribution >= 0.6 is 0 Å². The molecule has 0 bridgehead atoms. The lowest BCUT2D eigenvalue weighted by Crippen LogP contribution is -2.72. The zero-order chi connectivity index (χ0) is 28.3. The van der Waals surface area contributed by atoms with E-state index in [0.717, 1.165) is 44.9 Å². The molecule has 210 valence electrons. The number of fused-ring (bicyclic) bond motifs is 7. The number of hydrogen-bond acceptors (Lipinski definition) is 5. The van der Waals surface area contributed by atoms with Gasteiger partial charge in [-0.1, -0.05) is 54.5 Å². The van der Waals surface area contributed by atoms with E-state index in [4.69, 9.17) is 0 Å². The van der Waals surface area contributed by atoms with Crippen LogP contribution in [0, 0.1) is 62.1 Å². The van der Waals surface area contributed by atoms with Gasteiger partial charge in [0.2, 0.25) is 10.0 Å². The lowest BCUT2D eigenvalue weighted by Gasteiger charge is -2.72. The van der Waals surface area contributed by atoms with Crippen LogP contribution in [0.1, 0.15) is 99.8 Å². The molecule has 0 spiro atoms. The minimum absolute atomic E-state index is 0.0326. The highest BCUT2D eigenvalue weighted by atomic mass is 32.2. The molecule has 6 nitrogen and oxygen atoms in total. The van der Waals surface area contributed by atoms with Crippen molar-refractivity contribution in [3.05, 3.63) is 11.6 Å². The minimum Gasteiger partial charge on any atom is -0.299 e. The van der Waals surface area contributed by atoms with E-state index in [9.17, 15) is 23.3 Å². The van der Waals surface area contributed by atoms with Gasteiger partial charge >= 0.3 is 0 Å². The van der Waals surface area contributed by atoms with E-state index in [1.165, 1.54) is 6.26 Å². The van der Waals surface area contributed by atoms with Gasteiger partial charge in [0, 0.05) is 23.3 Å². The van der Waals surface area contributed by atoms with E-state index in [1.807, 2.05) is 19.9 Å². The molecule has 0 saturated heterocycles. The summed E-state index contributed by atoms with van der Waals surface area (Å²) in [5.74, 6) is 0.0461. The minimum atomic E-state index is -3.44. The van der Waals surface area contributed by atoms with Crippen molar-refractivity contribution in [2.24, 2.45) is 50.7 Å². The number of sulfonamides is 1. The molecule has 0 radical (unpaired) electrons. The average Bonchev–Trinajstić information content (AvgIpc) is 2.78. The number of nitriles is 1. The van der Waals surface area contributed by atoms with Crippen LogP contribution in [0.25, 0.3) is 0 Å². The maximum absolute atomic E-state index is 14.5. The predicted octanol–water partition coefficient (Wildman–Crippen LogP) is 5.59. The lowest BCUT2D eigenvalue weighted by molar-refractivity contribution is -0.214. The molecule has 4 fully saturated rings. The average molecular weight is 543 g/mol. The SMILES string of the molecule is CC1(C)CC[C@]2(NS(C)(=O)=O)CC[C@]3(C)C(C(=O)CC4[C@@]5(C)C=C(C#N)C(=O)C(C)(C)C5CC[C@]43C)C2C1. The van der Waals surface area contributed by atoms with Crippen molar-refractivity contribution in [2.45, 2.75) is 105 Å². The van der Waals surface area contributed by atoms with E-state index >= 15 is 0 Å². The highest BCUT2D eigenvalue weighted by molar-refractivity contribution is 7.88.